The standard InChI is InChI=1S/C13H15ClINO2/c1-8(2)13(18)6-16(7-13)12(17)9-3-4-11(15)10(14)5-9/h3-5,8,18H,6-7H2,1-2H3. The average molecular weight is 380 g/mol. The van der Waals surface area contributed by atoms with E-state index in [4.69, 9.17) is 11.6 Å². The number of β-amino-alcohol motifs (C(OH)–C–C–N with tert-alkyl or cyclic N) is 1. The molecule has 0 aliphatic carbocycles. The molecule has 98 valence electrons. The molecule has 1 aliphatic rings. The highest BCUT2D eigenvalue weighted by Crippen LogP contribution is 2.30. The molecular weight excluding hydrogens is 365 g/mol. The molecule has 1 aromatic carbocycles. The van der Waals surface area contributed by atoms with Crippen molar-refractivity contribution < 1.29 is 9.90 Å². The number of carbonyl (C=O) groups excluding carboxylic acids is 1. The van der Waals surface area contributed by atoms with E-state index in [0.29, 0.717) is 23.7 Å². The first-order valence-corrected chi connectivity index (χ1v) is 7.26. The number of rotatable bonds is 2. The molecule has 0 aromatic heterocycles. The first-order chi connectivity index (χ1) is 8.33. The fourth-order valence-electron chi connectivity index (χ4n) is 1.94. The van der Waals surface area contributed by atoms with Gasteiger partial charge in [0.15, 0.2) is 0 Å². The number of aliphatic hydroxyl groups is 1. The number of hydrogen-bond acceptors (Lipinski definition) is 2. The predicted molar refractivity (Wildman–Crippen MR) is 79.9 cm³/mol. The van der Waals surface area contributed by atoms with Crippen LogP contribution in [0.3, 0.4) is 0 Å². The van der Waals surface area contributed by atoms with Crippen molar-refractivity contribution in [2.75, 3.05) is 13.1 Å². The van der Waals surface area contributed by atoms with Crippen molar-refractivity contribution >= 4 is 40.1 Å². The SMILES string of the molecule is CC(C)C1(O)CN(C(=O)c2ccc(I)c(Cl)c2)C1. The highest BCUT2D eigenvalue weighted by atomic mass is 127. The van der Waals surface area contributed by atoms with Crippen molar-refractivity contribution in [2.24, 2.45) is 5.92 Å². The van der Waals surface area contributed by atoms with E-state index in [2.05, 4.69) is 22.6 Å². The maximum absolute atomic E-state index is 12.2. The Balaban J connectivity index is 2.08. The Morgan fingerprint density at radius 2 is 2.11 bits per heavy atom. The van der Waals surface area contributed by atoms with E-state index in [1.807, 2.05) is 19.9 Å². The van der Waals surface area contributed by atoms with Gasteiger partial charge in [0.2, 0.25) is 0 Å². The summed E-state index contributed by atoms with van der Waals surface area (Å²) >= 11 is 8.12. The molecule has 18 heavy (non-hydrogen) atoms. The minimum atomic E-state index is -0.733. The van der Waals surface area contributed by atoms with Crippen molar-refractivity contribution in [1.29, 1.82) is 0 Å². The molecule has 1 aliphatic heterocycles. The lowest BCUT2D eigenvalue weighted by Gasteiger charge is -2.49. The summed E-state index contributed by atoms with van der Waals surface area (Å²) in [5.41, 5.74) is -0.158. The van der Waals surface area contributed by atoms with Crippen LogP contribution in [0.5, 0.6) is 0 Å². The smallest absolute Gasteiger partial charge is 0.254 e. The second-order valence-electron chi connectivity index (χ2n) is 5.05. The van der Waals surface area contributed by atoms with E-state index >= 15 is 0 Å². The van der Waals surface area contributed by atoms with Crippen molar-refractivity contribution in [1.82, 2.24) is 4.90 Å². The lowest BCUT2D eigenvalue weighted by atomic mass is 9.82. The van der Waals surface area contributed by atoms with Gasteiger partial charge in [0.25, 0.3) is 5.91 Å². The molecule has 0 saturated carbocycles. The Bertz CT molecular complexity index is 484. The summed E-state index contributed by atoms with van der Waals surface area (Å²) in [5, 5.41) is 10.7. The Kier molecular flexibility index (Phi) is 3.90. The number of hydrogen-bond donors (Lipinski definition) is 1. The fraction of sp³-hybridized carbons (Fsp3) is 0.462. The molecule has 1 saturated heterocycles. The third-order valence-corrected chi connectivity index (χ3v) is 5.03. The molecule has 1 N–H and O–H groups in total. The lowest BCUT2D eigenvalue weighted by Crippen LogP contribution is -2.65. The quantitative estimate of drug-likeness (QED) is 0.803. The predicted octanol–water partition coefficient (Wildman–Crippen LogP) is 2.79. The number of nitrogens with zero attached hydrogens (tertiary/aromatic N) is 1. The van der Waals surface area contributed by atoms with Gasteiger partial charge in [-0.25, -0.2) is 0 Å². The molecule has 0 bridgehead atoms. The van der Waals surface area contributed by atoms with E-state index in [0.717, 1.165) is 3.57 Å². The van der Waals surface area contributed by atoms with Crippen LogP contribution in [0.4, 0.5) is 0 Å². The van der Waals surface area contributed by atoms with Crippen LogP contribution in [0, 0.1) is 9.49 Å². The number of likely N-dealkylation sites (tertiary alicyclic amines) is 1. The van der Waals surface area contributed by atoms with E-state index in [-0.39, 0.29) is 11.8 Å². The molecule has 1 aromatic rings. The molecule has 0 radical (unpaired) electrons. The van der Waals surface area contributed by atoms with Gasteiger partial charge >= 0.3 is 0 Å². The number of halogens is 2. The maximum Gasteiger partial charge on any atom is 0.254 e. The first-order valence-electron chi connectivity index (χ1n) is 5.80. The van der Waals surface area contributed by atoms with Gasteiger partial charge in [-0.3, -0.25) is 4.79 Å². The average Bonchev–Trinajstić information content (AvgIpc) is 2.27. The Labute approximate surface area is 125 Å². The summed E-state index contributed by atoms with van der Waals surface area (Å²) in [6.45, 7) is 4.72. The Morgan fingerprint density at radius 1 is 1.50 bits per heavy atom. The maximum atomic E-state index is 12.2. The summed E-state index contributed by atoms with van der Waals surface area (Å²) < 4.78 is 0.924. The molecule has 2 rings (SSSR count). The number of amides is 1. The monoisotopic (exact) mass is 379 g/mol. The van der Waals surface area contributed by atoms with Gasteiger partial charge < -0.3 is 10.0 Å². The third-order valence-electron chi connectivity index (χ3n) is 3.46. The third kappa shape index (κ3) is 2.51. The van der Waals surface area contributed by atoms with E-state index in [9.17, 15) is 9.90 Å². The fourth-order valence-corrected chi connectivity index (χ4v) is 2.45. The minimum absolute atomic E-state index is 0.0707. The topological polar surface area (TPSA) is 40.5 Å². The van der Waals surface area contributed by atoms with Gasteiger partial charge in [-0.1, -0.05) is 25.4 Å². The molecule has 1 fully saturated rings. The normalized spacial score (nSPS) is 17.8. The summed E-state index contributed by atoms with van der Waals surface area (Å²) in [5.74, 6) is 0.0838. The Morgan fingerprint density at radius 3 is 2.61 bits per heavy atom. The molecule has 3 nitrogen and oxygen atoms in total. The number of carbonyl (C=O) groups is 1. The van der Waals surface area contributed by atoms with Crippen LogP contribution in [0.15, 0.2) is 18.2 Å². The zero-order valence-corrected chi connectivity index (χ0v) is 13.2. The zero-order chi connectivity index (χ0) is 13.5. The molecule has 1 heterocycles. The first kappa shape index (κ1) is 14.1. The van der Waals surface area contributed by atoms with Crippen molar-refractivity contribution in [3.63, 3.8) is 0 Å². The summed E-state index contributed by atoms with van der Waals surface area (Å²) in [6.07, 6.45) is 0. The van der Waals surface area contributed by atoms with Crippen molar-refractivity contribution in [3.8, 4) is 0 Å². The zero-order valence-electron chi connectivity index (χ0n) is 10.3. The lowest BCUT2D eigenvalue weighted by molar-refractivity contribution is -0.110. The molecule has 0 atom stereocenters. The summed E-state index contributed by atoms with van der Waals surface area (Å²) in [6, 6.07) is 5.27. The Hall–Kier alpha value is -0.330. The van der Waals surface area contributed by atoms with Crippen LogP contribution in [-0.2, 0) is 0 Å². The molecule has 5 heteroatoms. The van der Waals surface area contributed by atoms with Crippen LogP contribution in [0.2, 0.25) is 5.02 Å². The van der Waals surface area contributed by atoms with Crippen molar-refractivity contribution in [3.05, 3.63) is 32.4 Å². The minimum Gasteiger partial charge on any atom is -0.386 e. The highest BCUT2D eigenvalue weighted by molar-refractivity contribution is 14.1. The highest BCUT2D eigenvalue weighted by Gasteiger charge is 2.45. The molecule has 0 spiro atoms. The molecule has 1 amide bonds. The number of benzene rings is 1. The van der Waals surface area contributed by atoms with Gasteiger partial charge in [0.05, 0.1) is 18.1 Å². The second kappa shape index (κ2) is 4.98. The van der Waals surface area contributed by atoms with Gasteiger partial charge in [-0.2, -0.15) is 0 Å². The molecular formula is C13H15ClINO2. The van der Waals surface area contributed by atoms with Gasteiger partial charge in [-0.15, -0.1) is 0 Å². The van der Waals surface area contributed by atoms with Gasteiger partial charge in [-0.05, 0) is 46.7 Å². The second-order valence-corrected chi connectivity index (χ2v) is 6.62. The van der Waals surface area contributed by atoms with Crippen LogP contribution in [0.25, 0.3) is 0 Å². The van der Waals surface area contributed by atoms with Gasteiger partial charge in [0, 0.05) is 9.13 Å². The van der Waals surface area contributed by atoms with Crippen LogP contribution in [-0.4, -0.2) is 34.6 Å². The van der Waals surface area contributed by atoms with Crippen LogP contribution >= 0.6 is 34.2 Å². The van der Waals surface area contributed by atoms with Crippen molar-refractivity contribution in [2.45, 2.75) is 19.4 Å². The van der Waals surface area contributed by atoms with Crippen LogP contribution in [0.1, 0.15) is 24.2 Å². The van der Waals surface area contributed by atoms with E-state index < -0.39 is 5.60 Å². The largest absolute Gasteiger partial charge is 0.386 e. The molecule has 0 unspecified atom stereocenters. The van der Waals surface area contributed by atoms with Crippen LogP contribution < -0.4 is 0 Å². The van der Waals surface area contributed by atoms with E-state index in [1.165, 1.54) is 0 Å². The summed E-state index contributed by atoms with van der Waals surface area (Å²) in [4.78, 5) is 13.8. The van der Waals surface area contributed by atoms with E-state index in [1.54, 1.807) is 17.0 Å². The van der Waals surface area contributed by atoms with Gasteiger partial charge in [0.1, 0.15) is 5.60 Å². The summed E-state index contributed by atoms with van der Waals surface area (Å²) in [7, 11) is 0.